The molecule has 3 heterocycles. The van der Waals surface area contributed by atoms with E-state index in [1.807, 2.05) is 31.4 Å². The first-order chi connectivity index (χ1) is 15.6. The lowest BCUT2D eigenvalue weighted by Gasteiger charge is -2.35. The number of hydrogen-bond donors (Lipinski definition) is 1. The van der Waals surface area contributed by atoms with Crippen molar-refractivity contribution in [2.24, 2.45) is 0 Å². The Hall–Kier alpha value is -3.20. The van der Waals surface area contributed by atoms with Crippen molar-refractivity contribution in [2.45, 2.75) is 45.1 Å². The van der Waals surface area contributed by atoms with Gasteiger partial charge >= 0.3 is 0 Å². The van der Waals surface area contributed by atoms with E-state index in [0.29, 0.717) is 22.0 Å². The van der Waals surface area contributed by atoms with E-state index in [2.05, 4.69) is 15.5 Å². The first-order valence-electron chi connectivity index (χ1n) is 11.0. The van der Waals surface area contributed by atoms with Gasteiger partial charge in [-0.2, -0.15) is 0 Å². The van der Waals surface area contributed by atoms with E-state index in [-0.39, 0.29) is 11.7 Å². The zero-order valence-electron chi connectivity index (χ0n) is 18.8. The highest BCUT2D eigenvalue weighted by atomic mass is 32.2. The quantitative estimate of drug-likeness (QED) is 0.475. The van der Waals surface area contributed by atoms with Crippen molar-refractivity contribution in [3.05, 3.63) is 59.6 Å². The van der Waals surface area contributed by atoms with Crippen molar-refractivity contribution in [1.82, 2.24) is 18.7 Å². The number of anilines is 1. The van der Waals surface area contributed by atoms with Gasteiger partial charge in [0.2, 0.25) is 10.0 Å². The lowest BCUT2D eigenvalue weighted by Crippen LogP contribution is -2.36. The lowest BCUT2D eigenvalue weighted by atomic mass is 9.89. The molecule has 1 saturated carbocycles. The highest BCUT2D eigenvalue weighted by molar-refractivity contribution is 7.89. The van der Waals surface area contributed by atoms with Gasteiger partial charge in [0.25, 0.3) is 0 Å². The van der Waals surface area contributed by atoms with Crippen LogP contribution in [0.4, 0.5) is 10.1 Å². The molecule has 1 N–H and O–H groups in total. The normalized spacial score (nSPS) is 17.0. The summed E-state index contributed by atoms with van der Waals surface area (Å²) in [4.78, 5) is 0. The Morgan fingerprint density at radius 1 is 1.18 bits per heavy atom. The molecule has 1 aliphatic carbocycles. The molecular weight excluding hydrogens is 441 g/mol. The zero-order valence-corrected chi connectivity index (χ0v) is 19.7. The molecule has 0 radical (unpaired) electrons. The summed E-state index contributed by atoms with van der Waals surface area (Å²) in [6.07, 6.45) is 4.65. The summed E-state index contributed by atoms with van der Waals surface area (Å²) in [7, 11) is -3.48. The van der Waals surface area contributed by atoms with Gasteiger partial charge in [-0.1, -0.05) is 12.1 Å². The van der Waals surface area contributed by atoms with Gasteiger partial charge in [-0.15, -0.1) is 10.2 Å². The van der Waals surface area contributed by atoms with E-state index < -0.39 is 15.6 Å². The zero-order chi connectivity index (χ0) is 23.3. The molecule has 0 bridgehead atoms. The molecule has 1 fully saturated rings. The van der Waals surface area contributed by atoms with E-state index in [1.165, 1.54) is 10.2 Å². The van der Waals surface area contributed by atoms with Crippen LogP contribution < -0.4 is 5.32 Å². The maximum Gasteiger partial charge on any atom is 0.236 e. The van der Waals surface area contributed by atoms with Crippen LogP contribution in [-0.2, 0) is 15.6 Å². The average Bonchev–Trinajstić information content (AvgIpc) is 3.33. The number of aryl methyl sites for hydroxylation is 1. The molecule has 1 aliphatic heterocycles. The minimum absolute atomic E-state index is 0.217. The number of nitrogens with zero attached hydrogens (tertiary/aromatic N) is 4. The maximum absolute atomic E-state index is 15.9. The highest BCUT2D eigenvalue weighted by Gasteiger charge is 2.40. The molecular formula is C24H24FN5O2S. The van der Waals surface area contributed by atoms with Crippen LogP contribution in [0.1, 0.15) is 49.8 Å². The molecule has 0 unspecified atom stereocenters. The SMILES string of the molecule is Cc1nnc2n1-c1c(cc(F)c(-c3cccc4c3ccn4S(C)(=O)=O)c1C1CC1)NC2(C)C. The Morgan fingerprint density at radius 3 is 2.64 bits per heavy atom. The molecule has 2 aromatic carbocycles. The third-order valence-corrected chi connectivity index (χ3v) is 7.69. The minimum Gasteiger partial charge on any atom is -0.371 e. The predicted molar refractivity (Wildman–Crippen MR) is 126 cm³/mol. The van der Waals surface area contributed by atoms with Crippen LogP contribution in [0.2, 0.25) is 0 Å². The number of benzene rings is 2. The smallest absolute Gasteiger partial charge is 0.236 e. The van der Waals surface area contributed by atoms with Crippen molar-refractivity contribution in [2.75, 3.05) is 11.6 Å². The van der Waals surface area contributed by atoms with Gasteiger partial charge in [0, 0.05) is 17.1 Å². The van der Waals surface area contributed by atoms with Gasteiger partial charge in [-0.05, 0) is 68.9 Å². The Balaban J connectivity index is 1.71. The Morgan fingerprint density at radius 2 is 1.94 bits per heavy atom. The van der Waals surface area contributed by atoms with E-state index in [9.17, 15) is 8.42 Å². The van der Waals surface area contributed by atoms with Gasteiger partial charge in [0.15, 0.2) is 5.82 Å². The van der Waals surface area contributed by atoms with Crippen LogP contribution in [0.3, 0.4) is 0 Å². The number of nitrogens with one attached hydrogen (secondary N) is 1. The molecule has 6 rings (SSSR count). The molecule has 7 nitrogen and oxygen atoms in total. The van der Waals surface area contributed by atoms with E-state index >= 15 is 4.39 Å². The third-order valence-electron chi connectivity index (χ3n) is 6.65. The summed E-state index contributed by atoms with van der Waals surface area (Å²) < 4.78 is 43.8. The topological polar surface area (TPSA) is 81.8 Å². The fraction of sp³-hybridized carbons (Fsp3) is 0.333. The summed E-state index contributed by atoms with van der Waals surface area (Å²) in [5.74, 6) is 1.43. The summed E-state index contributed by atoms with van der Waals surface area (Å²) >= 11 is 0. The molecule has 0 amide bonds. The van der Waals surface area contributed by atoms with Crippen LogP contribution >= 0.6 is 0 Å². The van der Waals surface area contributed by atoms with Gasteiger partial charge < -0.3 is 5.32 Å². The maximum atomic E-state index is 15.9. The number of fused-ring (bicyclic) bond motifs is 4. The van der Waals surface area contributed by atoms with Crippen molar-refractivity contribution >= 4 is 26.6 Å². The Labute approximate surface area is 191 Å². The second kappa shape index (κ2) is 6.44. The molecule has 33 heavy (non-hydrogen) atoms. The van der Waals surface area contributed by atoms with E-state index in [4.69, 9.17) is 0 Å². The van der Waals surface area contributed by atoms with Crippen molar-refractivity contribution in [3.63, 3.8) is 0 Å². The summed E-state index contributed by atoms with van der Waals surface area (Å²) in [5, 5.41) is 12.9. The fourth-order valence-corrected chi connectivity index (χ4v) is 5.91. The largest absolute Gasteiger partial charge is 0.371 e. The molecule has 0 saturated heterocycles. The number of halogens is 1. The first-order valence-corrected chi connectivity index (χ1v) is 12.8. The standard InChI is InChI=1S/C24H24FN5O2S/c1-13-27-28-23-24(2,3)26-18-12-17(25)21(20(14-8-9-14)22(18)30(13)23)16-6-5-7-19-15(16)10-11-29(19)33(4,31)32/h5-7,10-12,14,26H,8-9H2,1-4H3. The molecule has 2 aliphatic rings. The number of aromatic nitrogens is 4. The van der Waals surface area contributed by atoms with Crippen molar-refractivity contribution < 1.29 is 12.8 Å². The van der Waals surface area contributed by atoms with Crippen molar-refractivity contribution in [1.29, 1.82) is 0 Å². The Bertz CT molecular complexity index is 1580. The minimum atomic E-state index is -3.48. The van der Waals surface area contributed by atoms with E-state index in [1.54, 1.807) is 24.3 Å². The second-order valence-corrected chi connectivity index (χ2v) is 11.4. The average molecular weight is 466 g/mol. The van der Waals surface area contributed by atoms with Crippen molar-refractivity contribution in [3.8, 4) is 16.8 Å². The molecule has 4 aromatic rings. The number of rotatable bonds is 3. The van der Waals surface area contributed by atoms with Gasteiger partial charge in [-0.3, -0.25) is 4.57 Å². The fourth-order valence-electron chi connectivity index (χ4n) is 5.12. The highest BCUT2D eigenvalue weighted by Crippen LogP contribution is 2.53. The number of hydrogen-bond acceptors (Lipinski definition) is 5. The molecule has 170 valence electrons. The molecule has 0 atom stereocenters. The second-order valence-electron chi connectivity index (χ2n) is 9.59. The summed E-state index contributed by atoms with van der Waals surface area (Å²) in [5.41, 5.74) is 3.79. The summed E-state index contributed by atoms with van der Waals surface area (Å²) in [6, 6.07) is 8.70. The molecule has 9 heteroatoms. The lowest BCUT2D eigenvalue weighted by molar-refractivity contribution is 0.531. The van der Waals surface area contributed by atoms with Crippen LogP contribution in [-0.4, -0.2) is 33.4 Å². The predicted octanol–water partition coefficient (Wildman–Crippen LogP) is 4.68. The van der Waals surface area contributed by atoms with Crippen LogP contribution in [0.5, 0.6) is 0 Å². The monoisotopic (exact) mass is 465 g/mol. The molecule has 2 aromatic heterocycles. The van der Waals surface area contributed by atoms with Crippen LogP contribution in [0.25, 0.3) is 27.7 Å². The van der Waals surface area contributed by atoms with Crippen LogP contribution in [0.15, 0.2) is 36.5 Å². The van der Waals surface area contributed by atoms with Gasteiger partial charge in [0.1, 0.15) is 11.6 Å². The third kappa shape index (κ3) is 2.88. The Kier molecular flexibility index (Phi) is 3.98. The van der Waals surface area contributed by atoms with Crippen LogP contribution in [0, 0.1) is 12.7 Å². The first kappa shape index (κ1) is 20.4. The van der Waals surface area contributed by atoms with Gasteiger partial charge in [-0.25, -0.2) is 16.8 Å². The summed E-state index contributed by atoms with van der Waals surface area (Å²) in [6.45, 7) is 5.93. The molecule has 0 spiro atoms. The van der Waals surface area contributed by atoms with Gasteiger partial charge in [0.05, 0.1) is 28.7 Å². The van der Waals surface area contributed by atoms with E-state index in [0.717, 1.165) is 47.7 Å².